The summed E-state index contributed by atoms with van der Waals surface area (Å²) in [5.74, 6) is -0.360. The summed E-state index contributed by atoms with van der Waals surface area (Å²) in [6.07, 6.45) is -3.00. The molecule has 0 aromatic heterocycles. The molecule has 0 amide bonds. The number of cyclic esters (lactones) is 1. The summed E-state index contributed by atoms with van der Waals surface area (Å²) in [6.45, 7) is -0.0157. The molecule has 0 radical (unpaired) electrons. The number of allylic oxidation sites excluding steroid dienone is 1. The fourth-order valence-corrected chi connectivity index (χ4v) is 3.43. The van der Waals surface area contributed by atoms with Crippen LogP contribution in [-0.2, 0) is 19.0 Å². The average Bonchev–Trinajstić information content (AvgIpc) is 2.97. The Morgan fingerprint density at radius 1 is 1.22 bits per heavy atom. The molecule has 1 aliphatic carbocycles. The molecule has 3 aliphatic rings. The molecule has 3 rings (SSSR count). The van der Waals surface area contributed by atoms with Gasteiger partial charge in [-0.25, -0.2) is 0 Å². The molecule has 2 fully saturated rings. The van der Waals surface area contributed by atoms with Crippen molar-refractivity contribution in [1.82, 2.24) is 0 Å². The van der Waals surface area contributed by atoms with E-state index in [1.54, 1.807) is 0 Å². The highest BCUT2D eigenvalue weighted by atomic mass is 16.7. The molecule has 0 saturated carbocycles. The van der Waals surface area contributed by atoms with E-state index in [1.807, 2.05) is 6.08 Å². The summed E-state index contributed by atoms with van der Waals surface area (Å²) in [5, 5.41) is 38.5. The van der Waals surface area contributed by atoms with Gasteiger partial charge in [0, 0.05) is 0 Å². The summed E-state index contributed by atoms with van der Waals surface area (Å²) < 4.78 is 15.9. The molecule has 2 saturated heterocycles. The van der Waals surface area contributed by atoms with Crippen LogP contribution in [0.3, 0.4) is 0 Å². The second kappa shape index (κ2) is 6.84. The van der Waals surface area contributed by atoms with Crippen LogP contribution in [-0.4, -0.2) is 76.9 Å². The fraction of sp³-hybridized carbons (Fsp3) is 0.800. The molecule has 4 N–H and O–H groups in total. The van der Waals surface area contributed by atoms with Crippen molar-refractivity contribution in [2.45, 2.75) is 43.5 Å². The third-order valence-corrected chi connectivity index (χ3v) is 4.80. The first-order chi connectivity index (χ1) is 11.0. The van der Waals surface area contributed by atoms with E-state index in [2.05, 4.69) is 0 Å². The third-order valence-electron chi connectivity index (χ3n) is 4.80. The number of carbonyl (C=O) groups excluding carboxylic acids is 1. The molecule has 2 heterocycles. The van der Waals surface area contributed by atoms with Gasteiger partial charge in [0.2, 0.25) is 0 Å². The maximum atomic E-state index is 11.9. The minimum Gasteiger partial charge on any atom is -0.465 e. The van der Waals surface area contributed by atoms with Gasteiger partial charge in [0.15, 0.2) is 6.29 Å². The van der Waals surface area contributed by atoms with Gasteiger partial charge in [0.1, 0.15) is 24.4 Å². The Hall–Kier alpha value is -1.03. The van der Waals surface area contributed by atoms with Gasteiger partial charge in [-0.3, -0.25) is 4.79 Å². The SMILES string of the molecule is O=C1OCC[C@H]2CC=C(CO[C@H]3O[C@@H](CO)[C@H](O)[C@@H](O)[C@@H]3O)[C@@H]12. The van der Waals surface area contributed by atoms with Crippen molar-refractivity contribution < 1.29 is 39.4 Å². The van der Waals surface area contributed by atoms with Crippen molar-refractivity contribution in [2.24, 2.45) is 11.8 Å². The average molecular weight is 330 g/mol. The molecule has 130 valence electrons. The molecule has 8 nitrogen and oxygen atoms in total. The van der Waals surface area contributed by atoms with E-state index in [1.165, 1.54) is 0 Å². The molecule has 0 aromatic rings. The summed E-state index contributed by atoms with van der Waals surface area (Å²) in [6, 6.07) is 0. The van der Waals surface area contributed by atoms with E-state index in [9.17, 15) is 20.1 Å². The van der Waals surface area contributed by atoms with Crippen LogP contribution < -0.4 is 0 Å². The van der Waals surface area contributed by atoms with Crippen LogP contribution in [0.25, 0.3) is 0 Å². The Labute approximate surface area is 133 Å². The maximum Gasteiger partial charge on any atom is 0.313 e. The number of aliphatic hydroxyl groups excluding tert-OH is 4. The first-order valence-electron chi connectivity index (χ1n) is 7.80. The Bertz CT molecular complexity index is 476. The zero-order valence-electron chi connectivity index (χ0n) is 12.6. The quantitative estimate of drug-likeness (QED) is 0.355. The van der Waals surface area contributed by atoms with Gasteiger partial charge in [-0.1, -0.05) is 6.08 Å². The lowest BCUT2D eigenvalue weighted by Gasteiger charge is -2.39. The summed E-state index contributed by atoms with van der Waals surface area (Å²) in [5.41, 5.74) is 0.775. The van der Waals surface area contributed by atoms with Crippen LogP contribution in [0, 0.1) is 11.8 Å². The molecular formula is C15H22O8. The number of esters is 1. The van der Waals surface area contributed by atoms with Crippen molar-refractivity contribution >= 4 is 5.97 Å². The highest BCUT2D eigenvalue weighted by Crippen LogP contribution is 2.38. The van der Waals surface area contributed by atoms with E-state index in [0.29, 0.717) is 6.61 Å². The molecule has 8 heteroatoms. The molecule has 2 aliphatic heterocycles. The van der Waals surface area contributed by atoms with Gasteiger partial charge < -0.3 is 34.6 Å². The fourth-order valence-electron chi connectivity index (χ4n) is 3.43. The van der Waals surface area contributed by atoms with Crippen molar-refractivity contribution in [3.63, 3.8) is 0 Å². The number of ether oxygens (including phenoxy) is 3. The van der Waals surface area contributed by atoms with Gasteiger partial charge in [-0.15, -0.1) is 0 Å². The predicted octanol–water partition coefficient (Wildman–Crippen LogP) is -1.69. The van der Waals surface area contributed by atoms with Gasteiger partial charge >= 0.3 is 5.97 Å². The zero-order valence-corrected chi connectivity index (χ0v) is 12.6. The molecule has 23 heavy (non-hydrogen) atoms. The van der Waals surface area contributed by atoms with Gasteiger partial charge in [-0.2, -0.15) is 0 Å². The van der Waals surface area contributed by atoms with Gasteiger partial charge in [0.05, 0.1) is 25.7 Å². The minimum atomic E-state index is -1.48. The van der Waals surface area contributed by atoms with Crippen LogP contribution in [0.15, 0.2) is 11.6 Å². The summed E-state index contributed by atoms with van der Waals surface area (Å²) >= 11 is 0. The lowest BCUT2D eigenvalue weighted by atomic mass is 9.87. The highest BCUT2D eigenvalue weighted by molar-refractivity contribution is 5.77. The smallest absolute Gasteiger partial charge is 0.313 e. The lowest BCUT2D eigenvalue weighted by molar-refractivity contribution is -0.299. The third kappa shape index (κ3) is 3.15. The number of fused-ring (bicyclic) bond motifs is 1. The van der Waals surface area contributed by atoms with Crippen LogP contribution in [0.4, 0.5) is 0 Å². The Morgan fingerprint density at radius 2 is 2.00 bits per heavy atom. The Balaban J connectivity index is 1.60. The van der Waals surface area contributed by atoms with E-state index in [4.69, 9.17) is 19.3 Å². The Kier molecular flexibility index (Phi) is 5.00. The minimum absolute atomic E-state index is 0.0545. The number of hydrogen-bond acceptors (Lipinski definition) is 8. The van der Waals surface area contributed by atoms with Crippen molar-refractivity contribution in [3.05, 3.63) is 11.6 Å². The molecular weight excluding hydrogens is 308 g/mol. The standard InChI is InChI=1S/C15H22O8/c16-5-9-11(17)12(18)13(19)15(23-9)22-6-8-2-1-7-3-4-21-14(20)10(7)8/h2,7,9-13,15-19H,1,3-6H2/t7-,9+,10+,11+,12-,13+,15+/m1/s1. The maximum absolute atomic E-state index is 11.9. The zero-order chi connectivity index (χ0) is 16.6. The highest BCUT2D eigenvalue weighted by Gasteiger charge is 2.45. The first kappa shape index (κ1) is 16.8. The number of rotatable bonds is 4. The van der Waals surface area contributed by atoms with Crippen molar-refractivity contribution in [3.8, 4) is 0 Å². The van der Waals surface area contributed by atoms with E-state index < -0.39 is 37.3 Å². The van der Waals surface area contributed by atoms with E-state index >= 15 is 0 Å². The van der Waals surface area contributed by atoms with Crippen LogP contribution in [0.2, 0.25) is 0 Å². The van der Waals surface area contributed by atoms with Crippen molar-refractivity contribution in [2.75, 3.05) is 19.8 Å². The summed E-state index contributed by atoms with van der Waals surface area (Å²) in [4.78, 5) is 11.9. The molecule has 7 atom stereocenters. The normalized spacial score (nSPS) is 43.7. The van der Waals surface area contributed by atoms with E-state index in [0.717, 1.165) is 18.4 Å². The van der Waals surface area contributed by atoms with Gasteiger partial charge in [-0.05, 0) is 24.3 Å². The first-order valence-corrected chi connectivity index (χ1v) is 7.80. The number of carbonyl (C=O) groups is 1. The predicted molar refractivity (Wildman–Crippen MR) is 75.0 cm³/mol. The van der Waals surface area contributed by atoms with Gasteiger partial charge in [0.25, 0.3) is 0 Å². The number of aliphatic hydroxyl groups is 4. The lowest BCUT2D eigenvalue weighted by Crippen LogP contribution is -2.59. The largest absolute Gasteiger partial charge is 0.465 e. The second-order valence-electron chi connectivity index (χ2n) is 6.22. The van der Waals surface area contributed by atoms with Crippen LogP contribution >= 0.6 is 0 Å². The second-order valence-corrected chi connectivity index (χ2v) is 6.22. The van der Waals surface area contributed by atoms with Crippen LogP contribution in [0.5, 0.6) is 0 Å². The number of hydrogen-bond donors (Lipinski definition) is 4. The molecule has 0 spiro atoms. The molecule has 0 aromatic carbocycles. The van der Waals surface area contributed by atoms with Crippen molar-refractivity contribution in [1.29, 1.82) is 0 Å². The molecule has 0 bridgehead atoms. The van der Waals surface area contributed by atoms with E-state index in [-0.39, 0.29) is 24.4 Å². The molecule has 0 unspecified atom stereocenters. The Morgan fingerprint density at radius 3 is 2.74 bits per heavy atom. The summed E-state index contributed by atoms with van der Waals surface area (Å²) in [7, 11) is 0. The van der Waals surface area contributed by atoms with Crippen LogP contribution in [0.1, 0.15) is 12.8 Å². The topological polar surface area (TPSA) is 126 Å². The monoisotopic (exact) mass is 330 g/mol.